The fraction of sp³-hybridized carbons (Fsp3) is 0.348. The number of urea groups is 1. The number of hydrogen-bond donors (Lipinski definition) is 3. The Balaban J connectivity index is 0.00000204. The van der Waals surface area contributed by atoms with Gasteiger partial charge >= 0.3 is 6.03 Å². The van der Waals surface area contributed by atoms with E-state index in [-0.39, 0.29) is 42.6 Å². The number of anilines is 2. The molecule has 3 heterocycles. The molecule has 2 aromatic heterocycles. The van der Waals surface area contributed by atoms with Crippen LogP contribution < -0.4 is 16.0 Å². The van der Waals surface area contributed by atoms with E-state index >= 15 is 0 Å². The Hall–Kier alpha value is -2.52. The lowest BCUT2D eigenvalue weighted by molar-refractivity contribution is 0.0999. The number of piperidine rings is 1. The van der Waals surface area contributed by atoms with Crippen LogP contribution in [0.15, 0.2) is 47.0 Å². The largest absolute Gasteiger partial charge is 0.449 e. The summed E-state index contributed by atoms with van der Waals surface area (Å²) in [4.78, 5) is 32.1. The van der Waals surface area contributed by atoms with Gasteiger partial charge in [-0.05, 0) is 51.0 Å². The molecular formula is C23H28Cl3N5O3. The van der Waals surface area contributed by atoms with Gasteiger partial charge in [0.25, 0.3) is 5.91 Å². The zero-order chi connectivity index (χ0) is 22.7. The van der Waals surface area contributed by atoms with Gasteiger partial charge in [0.2, 0.25) is 5.76 Å². The van der Waals surface area contributed by atoms with Crippen molar-refractivity contribution in [1.29, 1.82) is 0 Å². The number of hydrogen-bond acceptors (Lipinski definition) is 5. The third-order valence-corrected chi connectivity index (χ3v) is 5.83. The monoisotopic (exact) mass is 527 g/mol. The highest BCUT2D eigenvalue weighted by atomic mass is 35.5. The van der Waals surface area contributed by atoms with Crippen molar-refractivity contribution >= 4 is 70.8 Å². The molecule has 0 bridgehead atoms. The molecule has 1 aliphatic heterocycles. The fourth-order valence-corrected chi connectivity index (χ4v) is 3.96. The molecule has 0 radical (unpaired) electrons. The summed E-state index contributed by atoms with van der Waals surface area (Å²) in [5.74, 6) is -0.184. The first kappa shape index (κ1) is 27.7. The quantitative estimate of drug-likeness (QED) is 0.402. The van der Waals surface area contributed by atoms with Crippen molar-refractivity contribution in [1.82, 2.24) is 15.2 Å². The van der Waals surface area contributed by atoms with Crippen molar-refractivity contribution in [3.05, 3.63) is 53.4 Å². The lowest BCUT2D eigenvalue weighted by atomic mass is 10.0. The number of nitrogens with one attached hydrogen (secondary N) is 3. The van der Waals surface area contributed by atoms with Gasteiger partial charge in [-0.15, -0.1) is 24.8 Å². The number of amides is 3. The first-order chi connectivity index (χ1) is 15.4. The summed E-state index contributed by atoms with van der Waals surface area (Å²) in [6.07, 6.45) is 3.20. The summed E-state index contributed by atoms with van der Waals surface area (Å²) in [6.45, 7) is 6.24. The van der Waals surface area contributed by atoms with Gasteiger partial charge in [0.05, 0.1) is 5.02 Å². The van der Waals surface area contributed by atoms with Gasteiger partial charge in [-0.2, -0.15) is 0 Å². The van der Waals surface area contributed by atoms with E-state index in [4.69, 9.17) is 16.0 Å². The molecule has 3 amide bonds. The molecule has 3 N–H and O–H groups in total. The van der Waals surface area contributed by atoms with Gasteiger partial charge in [-0.1, -0.05) is 23.7 Å². The second-order valence-electron chi connectivity index (χ2n) is 8.12. The molecule has 4 rings (SSSR count). The zero-order valence-corrected chi connectivity index (χ0v) is 21.2. The molecule has 1 aliphatic rings. The van der Waals surface area contributed by atoms with E-state index in [1.807, 2.05) is 6.07 Å². The number of aromatic nitrogens is 1. The molecule has 11 heteroatoms. The lowest BCUT2D eigenvalue weighted by Gasteiger charge is -2.34. The molecule has 1 aromatic carbocycles. The molecule has 184 valence electrons. The molecule has 0 atom stereocenters. The van der Waals surface area contributed by atoms with E-state index in [9.17, 15) is 9.59 Å². The third-order valence-electron chi connectivity index (χ3n) is 5.60. The number of para-hydroxylation sites is 1. The molecule has 0 unspecified atom stereocenters. The van der Waals surface area contributed by atoms with Gasteiger partial charge in [-0.25, -0.2) is 9.78 Å². The Bertz CT molecular complexity index is 1110. The number of rotatable bonds is 5. The second kappa shape index (κ2) is 12.3. The van der Waals surface area contributed by atoms with Crippen LogP contribution in [0.25, 0.3) is 11.0 Å². The number of nitrogens with zero attached hydrogens (tertiary/aromatic N) is 2. The average Bonchev–Trinajstić information content (AvgIpc) is 3.14. The Kier molecular flexibility index (Phi) is 10.00. The van der Waals surface area contributed by atoms with E-state index in [1.165, 1.54) is 6.20 Å². The average molecular weight is 529 g/mol. The van der Waals surface area contributed by atoms with E-state index < -0.39 is 5.91 Å². The van der Waals surface area contributed by atoms with Crippen molar-refractivity contribution in [3.8, 4) is 0 Å². The molecule has 8 nitrogen and oxygen atoms in total. The van der Waals surface area contributed by atoms with Crippen molar-refractivity contribution in [2.24, 2.45) is 0 Å². The maximum absolute atomic E-state index is 12.9. The van der Waals surface area contributed by atoms with Gasteiger partial charge in [-0.3, -0.25) is 4.79 Å². The minimum absolute atomic E-state index is 0. The van der Waals surface area contributed by atoms with Crippen LogP contribution in [0.1, 0.15) is 37.2 Å². The fourth-order valence-electron chi connectivity index (χ4n) is 3.85. The number of halogens is 3. The van der Waals surface area contributed by atoms with Crippen molar-refractivity contribution in [3.63, 3.8) is 0 Å². The number of fused-ring (bicyclic) bond motifs is 1. The van der Waals surface area contributed by atoms with Crippen LogP contribution in [-0.2, 0) is 0 Å². The van der Waals surface area contributed by atoms with Crippen LogP contribution in [0, 0.1) is 0 Å². The summed E-state index contributed by atoms with van der Waals surface area (Å²) in [7, 11) is 0. The second-order valence-corrected chi connectivity index (χ2v) is 8.56. The molecule has 3 aromatic rings. The van der Waals surface area contributed by atoms with E-state index in [2.05, 4.69) is 39.7 Å². The molecular weight excluding hydrogens is 501 g/mol. The Labute approximate surface area is 215 Å². The van der Waals surface area contributed by atoms with Gasteiger partial charge in [0.15, 0.2) is 0 Å². The van der Waals surface area contributed by atoms with Crippen molar-refractivity contribution < 1.29 is 14.0 Å². The number of likely N-dealkylation sites (tertiary alicyclic amines) is 1. The number of furan rings is 1. The first-order valence-corrected chi connectivity index (χ1v) is 11.0. The van der Waals surface area contributed by atoms with Crippen LogP contribution >= 0.6 is 36.4 Å². The van der Waals surface area contributed by atoms with E-state index in [0.717, 1.165) is 25.9 Å². The zero-order valence-electron chi connectivity index (χ0n) is 18.8. The van der Waals surface area contributed by atoms with Crippen molar-refractivity contribution in [2.45, 2.75) is 38.8 Å². The normalized spacial score (nSPS) is 14.2. The number of carbonyl (C=O) groups is 2. The highest BCUT2D eigenvalue weighted by Gasteiger charge is 2.25. The van der Waals surface area contributed by atoms with E-state index in [0.29, 0.717) is 33.5 Å². The molecule has 1 fully saturated rings. The molecule has 0 aliphatic carbocycles. The molecule has 0 spiro atoms. The number of pyridine rings is 1. The van der Waals surface area contributed by atoms with E-state index in [1.54, 1.807) is 30.3 Å². The van der Waals surface area contributed by atoms with Crippen LogP contribution in [0.5, 0.6) is 0 Å². The summed E-state index contributed by atoms with van der Waals surface area (Å²) >= 11 is 5.85. The topological polar surface area (TPSA) is 99.5 Å². The Morgan fingerprint density at radius 1 is 1.09 bits per heavy atom. The predicted octanol–water partition coefficient (Wildman–Crippen LogP) is 5.57. The number of carbonyl (C=O) groups excluding carboxylic acids is 2. The maximum Gasteiger partial charge on any atom is 0.319 e. The Morgan fingerprint density at radius 2 is 1.79 bits per heavy atom. The third kappa shape index (κ3) is 6.54. The molecule has 0 saturated carbocycles. The van der Waals surface area contributed by atoms with Crippen LogP contribution in [0.4, 0.5) is 16.3 Å². The van der Waals surface area contributed by atoms with Crippen LogP contribution in [0.3, 0.4) is 0 Å². The van der Waals surface area contributed by atoms with Gasteiger partial charge in [0.1, 0.15) is 17.1 Å². The summed E-state index contributed by atoms with van der Waals surface area (Å²) in [5.41, 5.74) is 0.825. The van der Waals surface area contributed by atoms with Gasteiger partial charge < -0.3 is 25.3 Å². The van der Waals surface area contributed by atoms with Crippen LogP contribution in [-0.4, -0.2) is 47.0 Å². The smallest absolute Gasteiger partial charge is 0.319 e. The van der Waals surface area contributed by atoms with Crippen LogP contribution in [0.2, 0.25) is 5.02 Å². The lowest BCUT2D eigenvalue weighted by Crippen LogP contribution is -2.47. The highest BCUT2D eigenvalue weighted by molar-refractivity contribution is 6.30. The summed E-state index contributed by atoms with van der Waals surface area (Å²) in [6, 6.07) is 10.6. The SMILES string of the molecule is CC(C)N1CCC(NC(=O)Nc2c(C(=O)Nc3ccc(Cl)cn3)oc3ccccc23)CC1.Cl.Cl. The number of benzene rings is 1. The van der Waals surface area contributed by atoms with Gasteiger partial charge in [0, 0.05) is 36.8 Å². The summed E-state index contributed by atoms with van der Waals surface area (Å²) in [5, 5.41) is 9.64. The first-order valence-electron chi connectivity index (χ1n) is 10.7. The predicted molar refractivity (Wildman–Crippen MR) is 140 cm³/mol. The molecule has 34 heavy (non-hydrogen) atoms. The minimum Gasteiger partial charge on any atom is -0.449 e. The summed E-state index contributed by atoms with van der Waals surface area (Å²) < 4.78 is 5.77. The minimum atomic E-state index is -0.517. The standard InChI is InChI=1S/C23H26ClN5O3.2ClH/c1-14(2)29-11-9-16(10-12-29)26-23(31)28-20-17-5-3-4-6-18(17)32-21(20)22(30)27-19-8-7-15(24)13-25-19;;/h3-8,13-14,16H,9-12H2,1-2H3,(H,25,27,30)(H2,26,28,31);2*1H. The molecule has 1 saturated heterocycles. The maximum atomic E-state index is 12.9. The Morgan fingerprint density at radius 3 is 2.44 bits per heavy atom. The van der Waals surface area contributed by atoms with Crippen molar-refractivity contribution in [2.75, 3.05) is 23.7 Å². The highest BCUT2D eigenvalue weighted by Crippen LogP contribution is 2.31.